The van der Waals surface area contributed by atoms with Gasteiger partial charge in [0.25, 0.3) is 0 Å². The fourth-order valence-electron chi connectivity index (χ4n) is 6.12. The maximum atomic E-state index is 13.5. The average Bonchev–Trinajstić information content (AvgIpc) is 3.37. The summed E-state index contributed by atoms with van der Waals surface area (Å²) in [5, 5.41) is 6.36. The highest BCUT2D eigenvalue weighted by Gasteiger charge is 2.65. The van der Waals surface area contributed by atoms with Crippen LogP contribution in [0, 0.1) is 5.92 Å². The molecule has 3 atom stereocenters. The zero-order chi connectivity index (χ0) is 19.3. The highest BCUT2D eigenvalue weighted by atomic mass is 16.5. The van der Waals surface area contributed by atoms with Gasteiger partial charge >= 0.3 is 0 Å². The van der Waals surface area contributed by atoms with E-state index in [1.807, 2.05) is 24.3 Å². The molecule has 0 aromatic heterocycles. The van der Waals surface area contributed by atoms with E-state index in [9.17, 15) is 9.59 Å². The summed E-state index contributed by atoms with van der Waals surface area (Å²) >= 11 is 0. The van der Waals surface area contributed by atoms with E-state index in [2.05, 4.69) is 15.5 Å². The molecule has 2 N–H and O–H groups in total. The minimum absolute atomic E-state index is 0.0265. The van der Waals surface area contributed by atoms with Gasteiger partial charge in [0.05, 0.1) is 12.0 Å². The zero-order valence-corrected chi connectivity index (χ0v) is 16.4. The number of methoxy groups -OCH3 is 1. The molecule has 2 amide bonds. The summed E-state index contributed by atoms with van der Waals surface area (Å²) in [6.45, 7) is 0.884. The van der Waals surface area contributed by atoms with Gasteiger partial charge in [-0.05, 0) is 57.6 Å². The molecule has 1 saturated carbocycles. The van der Waals surface area contributed by atoms with Gasteiger partial charge in [-0.25, -0.2) is 0 Å². The molecule has 2 saturated heterocycles. The minimum atomic E-state index is -0.842. The Morgan fingerprint density at radius 1 is 1.21 bits per heavy atom. The standard InChI is InChI=1S/C22H29N3O3/c1-28-16-10-8-14(9-11-16)23-20(26)18-13-15-5-4-12-25(15)22(18)17-6-2-3-7-19(17)24-21(22)27/h2-3,6-7,14-16,18H,4-5,8-13H2,1H3,(H,23,26)(H,24,27)/t14?,15-,16?,18-,22+/m1/s1. The maximum Gasteiger partial charge on any atom is 0.250 e. The van der Waals surface area contributed by atoms with Crippen molar-refractivity contribution in [3.05, 3.63) is 29.8 Å². The molecule has 0 bridgehead atoms. The Morgan fingerprint density at radius 2 is 2.00 bits per heavy atom. The van der Waals surface area contributed by atoms with Gasteiger partial charge in [0.2, 0.25) is 11.8 Å². The second-order valence-electron chi connectivity index (χ2n) is 8.76. The third-order valence-electron chi connectivity index (χ3n) is 7.44. The van der Waals surface area contributed by atoms with Gasteiger partial charge in [0.1, 0.15) is 5.54 Å². The number of hydrogen-bond donors (Lipinski definition) is 2. The van der Waals surface area contributed by atoms with Crippen molar-refractivity contribution in [3.8, 4) is 0 Å². The lowest BCUT2D eigenvalue weighted by Crippen LogP contribution is -2.55. The maximum absolute atomic E-state index is 13.5. The molecule has 3 heterocycles. The van der Waals surface area contributed by atoms with E-state index < -0.39 is 5.54 Å². The summed E-state index contributed by atoms with van der Waals surface area (Å²) in [5.41, 5.74) is 0.997. The van der Waals surface area contributed by atoms with E-state index in [0.717, 1.165) is 62.7 Å². The van der Waals surface area contributed by atoms with Gasteiger partial charge < -0.3 is 15.4 Å². The molecule has 1 aliphatic carbocycles. The van der Waals surface area contributed by atoms with Crippen molar-refractivity contribution in [3.63, 3.8) is 0 Å². The van der Waals surface area contributed by atoms with Gasteiger partial charge in [0.15, 0.2) is 0 Å². The number of carbonyl (C=O) groups is 2. The van der Waals surface area contributed by atoms with E-state index >= 15 is 0 Å². The second-order valence-corrected chi connectivity index (χ2v) is 8.76. The third-order valence-corrected chi connectivity index (χ3v) is 7.44. The highest BCUT2D eigenvalue weighted by molar-refractivity contribution is 6.09. The van der Waals surface area contributed by atoms with Crippen molar-refractivity contribution in [1.29, 1.82) is 0 Å². The Labute approximate surface area is 166 Å². The van der Waals surface area contributed by atoms with Gasteiger partial charge in [0, 0.05) is 30.4 Å². The Balaban J connectivity index is 1.44. The van der Waals surface area contributed by atoms with Crippen LogP contribution in [0.3, 0.4) is 0 Å². The third kappa shape index (κ3) is 2.54. The topological polar surface area (TPSA) is 70.7 Å². The SMILES string of the molecule is COC1CCC(NC(=O)[C@H]2C[C@H]3CCCN3[C@]23C(=O)Nc2ccccc23)CC1. The number of carbonyl (C=O) groups excluding carboxylic acids is 2. The zero-order valence-electron chi connectivity index (χ0n) is 16.4. The lowest BCUT2D eigenvalue weighted by Gasteiger charge is -2.37. The summed E-state index contributed by atoms with van der Waals surface area (Å²) in [5.74, 6) is -0.315. The number of fused-ring (bicyclic) bond motifs is 4. The molecule has 3 aliphatic heterocycles. The number of hydrogen-bond acceptors (Lipinski definition) is 4. The molecular weight excluding hydrogens is 354 g/mol. The lowest BCUT2D eigenvalue weighted by molar-refractivity contribution is -0.138. The molecule has 3 fully saturated rings. The molecule has 6 heteroatoms. The van der Waals surface area contributed by atoms with Crippen LogP contribution in [0.2, 0.25) is 0 Å². The Hall–Kier alpha value is -1.92. The van der Waals surface area contributed by atoms with Crippen LogP contribution < -0.4 is 10.6 Å². The first-order valence-electron chi connectivity index (χ1n) is 10.7. The molecule has 0 radical (unpaired) electrons. The number of anilines is 1. The summed E-state index contributed by atoms with van der Waals surface area (Å²) in [6, 6.07) is 8.40. The number of para-hydroxylation sites is 1. The predicted molar refractivity (Wildman–Crippen MR) is 106 cm³/mol. The number of ether oxygens (including phenoxy) is 1. The van der Waals surface area contributed by atoms with Crippen LogP contribution in [-0.2, 0) is 19.9 Å². The smallest absolute Gasteiger partial charge is 0.250 e. The van der Waals surface area contributed by atoms with E-state index in [-0.39, 0.29) is 23.8 Å². The molecule has 150 valence electrons. The van der Waals surface area contributed by atoms with Gasteiger partial charge in [-0.2, -0.15) is 0 Å². The van der Waals surface area contributed by atoms with Crippen LogP contribution >= 0.6 is 0 Å². The van der Waals surface area contributed by atoms with E-state index in [4.69, 9.17) is 4.74 Å². The van der Waals surface area contributed by atoms with Crippen molar-refractivity contribution < 1.29 is 14.3 Å². The number of nitrogens with zero attached hydrogens (tertiary/aromatic N) is 1. The Morgan fingerprint density at radius 3 is 2.79 bits per heavy atom. The van der Waals surface area contributed by atoms with Crippen LogP contribution in [0.15, 0.2) is 24.3 Å². The van der Waals surface area contributed by atoms with Crippen molar-refractivity contribution >= 4 is 17.5 Å². The number of rotatable bonds is 3. The fourth-order valence-corrected chi connectivity index (χ4v) is 6.12. The van der Waals surface area contributed by atoms with Crippen LogP contribution in [0.25, 0.3) is 0 Å². The van der Waals surface area contributed by atoms with Crippen LogP contribution in [-0.4, -0.2) is 48.6 Å². The van der Waals surface area contributed by atoms with Crippen molar-refractivity contribution in [2.24, 2.45) is 5.92 Å². The largest absolute Gasteiger partial charge is 0.381 e. The molecule has 28 heavy (non-hydrogen) atoms. The van der Waals surface area contributed by atoms with Gasteiger partial charge in [-0.15, -0.1) is 0 Å². The first-order valence-corrected chi connectivity index (χ1v) is 10.7. The first kappa shape index (κ1) is 18.1. The van der Waals surface area contributed by atoms with Crippen LogP contribution in [0.4, 0.5) is 5.69 Å². The van der Waals surface area contributed by atoms with Gasteiger partial charge in [-0.3, -0.25) is 14.5 Å². The van der Waals surface area contributed by atoms with E-state index in [1.165, 1.54) is 0 Å². The summed E-state index contributed by atoms with van der Waals surface area (Å²) in [6.07, 6.45) is 7.09. The van der Waals surface area contributed by atoms with E-state index in [1.54, 1.807) is 7.11 Å². The second kappa shape index (κ2) is 6.85. The average molecular weight is 383 g/mol. The minimum Gasteiger partial charge on any atom is -0.381 e. The normalized spacial score (nSPS) is 37.0. The summed E-state index contributed by atoms with van der Waals surface area (Å²) < 4.78 is 5.45. The predicted octanol–water partition coefficient (Wildman–Crippen LogP) is 2.39. The van der Waals surface area contributed by atoms with Crippen molar-refractivity contribution in [2.45, 2.75) is 68.7 Å². The lowest BCUT2D eigenvalue weighted by atomic mass is 9.78. The van der Waals surface area contributed by atoms with Crippen molar-refractivity contribution in [1.82, 2.24) is 10.2 Å². The molecule has 1 spiro atoms. The highest BCUT2D eigenvalue weighted by Crippen LogP contribution is 2.55. The number of benzene rings is 1. The monoisotopic (exact) mass is 383 g/mol. The van der Waals surface area contributed by atoms with Crippen LogP contribution in [0.5, 0.6) is 0 Å². The van der Waals surface area contributed by atoms with Crippen LogP contribution in [0.1, 0.15) is 50.5 Å². The van der Waals surface area contributed by atoms with Crippen molar-refractivity contribution in [2.75, 3.05) is 19.0 Å². The molecule has 1 aromatic rings. The Kier molecular flexibility index (Phi) is 4.43. The quantitative estimate of drug-likeness (QED) is 0.841. The van der Waals surface area contributed by atoms with E-state index in [0.29, 0.717) is 12.1 Å². The molecule has 1 aromatic carbocycles. The molecular formula is C22H29N3O3. The first-order chi connectivity index (χ1) is 13.6. The molecule has 4 aliphatic rings. The van der Waals surface area contributed by atoms with Gasteiger partial charge in [-0.1, -0.05) is 18.2 Å². The summed E-state index contributed by atoms with van der Waals surface area (Å²) in [4.78, 5) is 29.1. The molecule has 5 rings (SSSR count). The fraction of sp³-hybridized carbons (Fsp3) is 0.636. The summed E-state index contributed by atoms with van der Waals surface area (Å²) in [7, 11) is 1.76. The Bertz CT molecular complexity index is 789. The number of amides is 2. The molecule has 0 unspecified atom stereocenters. The molecule has 6 nitrogen and oxygen atoms in total. The number of nitrogens with one attached hydrogen (secondary N) is 2.